The third-order valence-corrected chi connectivity index (χ3v) is 5.06. The van der Waals surface area contributed by atoms with E-state index in [0.29, 0.717) is 31.8 Å². The summed E-state index contributed by atoms with van der Waals surface area (Å²) in [5.41, 5.74) is 1.38. The number of benzene rings is 1. The first kappa shape index (κ1) is 19.3. The summed E-state index contributed by atoms with van der Waals surface area (Å²) in [6.45, 7) is 3.76. The van der Waals surface area contributed by atoms with Crippen molar-refractivity contribution in [3.8, 4) is 0 Å². The average molecular weight is 374 g/mol. The van der Waals surface area contributed by atoms with Crippen LogP contribution in [0, 0.1) is 5.82 Å². The molecule has 6 nitrogen and oxygen atoms in total. The number of carbonyl (C=O) groups excluding carboxylic acids is 2. The molecule has 1 fully saturated rings. The molecule has 27 heavy (non-hydrogen) atoms. The highest BCUT2D eigenvalue weighted by Gasteiger charge is 2.38. The maximum absolute atomic E-state index is 13.3. The van der Waals surface area contributed by atoms with E-state index in [-0.39, 0.29) is 23.8 Å². The van der Waals surface area contributed by atoms with E-state index in [1.807, 2.05) is 0 Å². The van der Waals surface area contributed by atoms with Crippen molar-refractivity contribution in [3.63, 3.8) is 0 Å². The third kappa shape index (κ3) is 4.64. The van der Waals surface area contributed by atoms with E-state index in [9.17, 15) is 14.0 Å². The topological polar surface area (TPSA) is 65.0 Å². The smallest absolute Gasteiger partial charge is 0.336 e. The van der Waals surface area contributed by atoms with Crippen LogP contribution in [0.3, 0.4) is 0 Å². The number of likely N-dealkylation sites (tertiary alicyclic amines) is 1. The standard InChI is InChI=1S/C20H27FN4O2/c1-2-3-4-5-12-22-20(27)25-14-17(24-13-6-7-18(24)26)19(23-25)15-8-10-16(21)11-9-15/h8-11,17H,2-7,12-14H2,1H3,(H,22,27). The molecule has 0 aliphatic carbocycles. The van der Waals surface area contributed by atoms with Crippen LogP contribution in [0.2, 0.25) is 0 Å². The van der Waals surface area contributed by atoms with Gasteiger partial charge in [-0.1, -0.05) is 38.3 Å². The molecule has 0 spiro atoms. The van der Waals surface area contributed by atoms with E-state index in [2.05, 4.69) is 17.3 Å². The highest BCUT2D eigenvalue weighted by molar-refractivity contribution is 6.08. The fourth-order valence-electron chi connectivity index (χ4n) is 3.57. The molecule has 1 saturated heterocycles. The average Bonchev–Trinajstić information content (AvgIpc) is 3.28. The monoisotopic (exact) mass is 374 g/mol. The minimum Gasteiger partial charge on any atom is -0.336 e. The van der Waals surface area contributed by atoms with Crippen molar-refractivity contribution in [2.24, 2.45) is 5.10 Å². The number of hydrazone groups is 1. The van der Waals surface area contributed by atoms with Gasteiger partial charge in [0.1, 0.15) is 5.82 Å². The van der Waals surface area contributed by atoms with Crippen molar-refractivity contribution in [2.45, 2.75) is 51.5 Å². The van der Waals surface area contributed by atoms with Gasteiger partial charge in [0.25, 0.3) is 0 Å². The molecule has 146 valence electrons. The van der Waals surface area contributed by atoms with Crippen molar-refractivity contribution in [3.05, 3.63) is 35.6 Å². The minimum atomic E-state index is -0.326. The molecule has 7 heteroatoms. The fraction of sp³-hybridized carbons (Fsp3) is 0.550. The fourth-order valence-corrected chi connectivity index (χ4v) is 3.57. The van der Waals surface area contributed by atoms with Crippen LogP contribution in [-0.2, 0) is 4.79 Å². The van der Waals surface area contributed by atoms with Crippen molar-refractivity contribution >= 4 is 17.6 Å². The molecule has 2 aliphatic rings. The van der Waals surface area contributed by atoms with Crippen LogP contribution in [0.15, 0.2) is 29.4 Å². The first-order chi connectivity index (χ1) is 13.1. The molecule has 2 heterocycles. The zero-order chi connectivity index (χ0) is 19.2. The lowest BCUT2D eigenvalue weighted by atomic mass is 10.0. The Morgan fingerprint density at radius 1 is 1.26 bits per heavy atom. The summed E-state index contributed by atoms with van der Waals surface area (Å²) in [7, 11) is 0. The van der Waals surface area contributed by atoms with Crippen LogP contribution in [-0.4, -0.2) is 53.2 Å². The number of nitrogens with zero attached hydrogens (tertiary/aromatic N) is 3. The Bertz CT molecular complexity index is 704. The van der Waals surface area contributed by atoms with E-state index >= 15 is 0 Å². The van der Waals surface area contributed by atoms with E-state index in [1.54, 1.807) is 17.0 Å². The van der Waals surface area contributed by atoms with E-state index in [4.69, 9.17) is 0 Å². The number of amides is 3. The lowest BCUT2D eigenvalue weighted by Crippen LogP contribution is -2.46. The highest BCUT2D eigenvalue weighted by atomic mass is 19.1. The third-order valence-electron chi connectivity index (χ3n) is 5.06. The van der Waals surface area contributed by atoms with E-state index in [1.165, 1.54) is 17.1 Å². The number of unbranched alkanes of at least 4 members (excludes halogenated alkanes) is 3. The van der Waals surface area contributed by atoms with Crippen LogP contribution in [0.5, 0.6) is 0 Å². The van der Waals surface area contributed by atoms with E-state index in [0.717, 1.165) is 37.7 Å². The second kappa shape index (κ2) is 8.97. The first-order valence-electron chi connectivity index (χ1n) is 9.79. The Labute approximate surface area is 159 Å². The molecule has 1 aromatic carbocycles. The molecule has 1 unspecified atom stereocenters. The minimum absolute atomic E-state index is 0.0802. The predicted octanol–water partition coefficient (Wildman–Crippen LogP) is 3.13. The Morgan fingerprint density at radius 2 is 2.04 bits per heavy atom. The molecule has 1 N–H and O–H groups in total. The normalized spacial score (nSPS) is 19.6. The molecular formula is C20H27FN4O2. The molecule has 0 bridgehead atoms. The molecule has 0 aromatic heterocycles. The van der Waals surface area contributed by atoms with Gasteiger partial charge in [-0.05, 0) is 25.0 Å². The van der Waals surface area contributed by atoms with Gasteiger partial charge >= 0.3 is 6.03 Å². The van der Waals surface area contributed by atoms with Crippen LogP contribution in [0.25, 0.3) is 0 Å². The van der Waals surface area contributed by atoms with Gasteiger partial charge in [-0.2, -0.15) is 5.10 Å². The van der Waals surface area contributed by atoms with Gasteiger partial charge in [-0.3, -0.25) is 4.79 Å². The molecule has 3 amide bonds. The summed E-state index contributed by atoms with van der Waals surface area (Å²) in [5.74, 6) is -0.246. The largest absolute Gasteiger partial charge is 0.337 e. The SMILES string of the molecule is CCCCCCNC(=O)N1CC(N2CCCC2=O)C(c2ccc(F)cc2)=N1. The van der Waals surface area contributed by atoms with Gasteiger partial charge in [0.15, 0.2) is 0 Å². The predicted molar refractivity (Wildman–Crippen MR) is 102 cm³/mol. The summed E-state index contributed by atoms with van der Waals surface area (Å²) in [6.07, 6.45) is 5.68. The second-order valence-electron chi connectivity index (χ2n) is 7.07. The summed E-state index contributed by atoms with van der Waals surface area (Å²) in [4.78, 5) is 26.5. The molecular weight excluding hydrogens is 347 g/mol. The Balaban J connectivity index is 1.71. The van der Waals surface area contributed by atoms with Crippen molar-refractivity contribution in [2.75, 3.05) is 19.6 Å². The molecule has 2 aliphatic heterocycles. The van der Waals surface area contributed by atoms with Crippen LogP contribution in [0.4, 0.5) is 9.18 Å². The van der Waals surface area contributed by atoms with Crippen molar-refractivity contribution in [1.29, 1.82) is 0 Å². The van der Waals surface area contributed by atoms with Gasteiger partial charge < -0.3 is 10.2 Å². The van der Waals surface area contributed by atoms with Gasteiger partial charge in [-0.15, -0.1) is 0 Å². The summed E-state index contributed by atoms with van der Waals surface area (Å²) in [5, 5.41) is 8.79. The molecule has 3 rings (SSSR count). The zero-order valence-corrected chi connectivity index (χ0v) is 15.8. The number of halogens is 1. The van der Waals surface area contributed by atoms with Gasteiger partial charge in [0.2, 0.25) is 5.91 Å². The summed E-state index contributed by atoms with van der Waals surface area (Å²) >= 11 is 0. The number of rotatable bonds is 7. The maximum atomic E-state index is 13.3. The lowest BCUT2D eigenvalue weighted by Gasteiger charge is -2.25. The summed E-state index contributed by atoms with van der Waals surface area (Å²) in [6, 6.07) is 5.51. The quantitative estimate of drug-likeness (QED) is 0.745. The number of urea groups is 1. The van der Waals surface area contributed by atoms with Gasteiger partial charge in [0, 0.05) is 25.1 Å². The van der Waals surface area contributed by atoms with Crippen molar-refractivity contribution in [1.82, 2.24) is 15.2 Å². The summed E-state index contributed by atoms with van der Waals surface area (Å²) < 4.78 is 13.3. The first-order valence-corrected chi connectivity index (χ1v) is 9.79. The molecule has 0 saturated carbocycles. The lowest BCUT2D eigenvalue weighted by molar-refractivity contribution is -0.128. The van der Waals surface area contributed by atoms with Crippen LogP contribution >= 0.6 is 0 Å². The van der Waals surface area contributed by atoms with Crippen molar-refractivity contribution < 1.29 is 14.0 Å². The number of hydrogen-bond donors (Lipinski definition) is 1. The van der Waals surface area contributed by atoms with E-state index < -0.39 is 0 Å². The van der Waals surface area contributed by atoms with Gasteiger partial charge in [0.05, 0.1) is 18.3 Å². The number of carbonyl (C=O) groups is 2. The Hall–Kier alpha value is -2.44. The second-order valence-corrected chi connectivity index (χ2v) is 7.07. The van der Waals surface area contributed by atoms with Gasteiger partial charge in [-0.25, -0.2) is 14.2 Å². The van der Waals surface area contributed by atoms with Crippen LogP contribution < -0.4 is 5.32 Å². The Morgan fingerprint density at radius 3 is 2.70 bits per heavy atom. The maximum Gasteiger partial charge on any atom is 0.337 e. The molecule has 1 aromatic rings. The highest BCUT2D eigenvalue weighted by Crippen LogP contribution is 2.23. The molecule has 0 radical (unpaired) electrons. The number of hydrogen-bond acceptors (Lipinski definition) is 3. The zero-order valence-electron chi connectivity index (χ0n) is 15.8. The van der Waals surface area contributed by atoms with Crippen LogP contribution in [0.1, 0.15) is 51.0 Å². The Kier molecular flexibility index (Phi) is 6.42. The molecule has 1 atom stereocenters. The number of nitrogens with one attached hydrogen (secondary N) is 1.